The molecular formula is C18H23NOS. The van der Waals surface area contributed by atoms with Crippen LogP contribution in [0.4, 0.5) is 0 Å². The van der Waals surface area contributed by atoms with Gasteiger partial charge in [0.2, 0.25) is 5.91 Å². The molecule has 0 spiro atoms. The molecule has 2 aliphatic heterocycles. The van der Waals surface area contributed by atoms with Crippen molar-refractivity contribution in [3.63, 3.8) is 0 Å². The molecule has 1 aliphatic carbocycles. The Morgan fingerprint density at radius 1 is 1.10 bits per heavy atom. The van der Waals surface area contributed by atoms with Gasteiger partial charge in [0.1, 0.15) is 0 Å². The van der Waals surface area contributed by atoms with Gasteiger partial charge in [-0.05, 0) is 42.7 Å². The average Bonchev–Trinajstić information content (AvgIpc) is 2.97. The predicted octanol–water partition coefficient (Wildman–Crippen LogP) is 3.74. The number of carbonyl (C=O) groups is 1. The minimum Gasteiger partial charge on any atom is -0.341 e. The lowest BCUT2D eigenvalue weighted by Gasteiger charge is -2.42. The zero-order chi connectivity index (χ0) is 14.2. The number of amides is 1. The van der Waals surface area contributed by atoms with Crippen LogP contribution in [0.1, 0.15) is 37.7 Å². The summed E-state index contributed by atoms with van der Waals surface area (Å²) in [6.45, 7) is 2.02. The first-order valence-corrected chi connectivity index (χ1v) is 9.22. The topological polar surface area (TPSA) is 20.3 Å². The molecule has 3 heteroatoms. The largest absolute Gasteiger partial charge is 0.341 e. The van der Waals surface area contributed by atoms with Crippen LogP contribution >= 0.6 is 11.8 Å². The summed E-state index contributed by atoms with van der Waals surface area (Å²) < 4.78 is 0. The summed E-state index contributed by atoms with van der Waals surface area (Å²) in [6.07, 6.45) is 7.67. The minimum atomic E-state index is 0.127. The fraction of sp³-hybridized carbons (Fsp3) is 0.611. The highest BCUT2D eigenvalue weighted by atomic mass is 32.2. The molecule has 2 nitrogen and oxygen atoms in total. The highest BCUT2D eigenvalue weighted by Gasteiger charge is 2.37. The SMILES string of the molecule is O=C(C1Cc2ccccc2S1)N1CCC2CCCCC2C1. The van der Waals surface area contributed by atoms with E-state index in [0.29, 0.717) is 5.91 Å². The maximum atomic E-state index is 12.8. The molecule has 1 saturated carbocycles. The number of likely N-dealkylation sites (tertiary alicyclic amines) is 1. The maximum Gasteiger partial charge on any atom is 0.236 e. The summed E-state index contributed by atoms with van der Waals surface area (Å²) in [5, 5.41) is 0.127. The van der Waals surface area contributed by atoms with Gasteiger partial charge < -0.3 is 4.90 Å². The first-order valence-electron chi connectivity index (χ1n) is 8.34. The Bertz CT molecular complexity index is 519. The second-order valence-electron chi connectivity index (χ2n) is 6.80. The molecule has 3 aliphatic rings. The fourth-order valence-electron chi connectivity index (χ4n) is 4.32. The number of rotatable bonds is 1. The Hall–Kier alpha value is -0.960. The number of carbonyl (C=O) groups excluding carboxylic acids is 1. The highest BCUT2D eigenvalue weighted by Crippen LogP contribution is 2.40. The van der Waals surface area contributed by atoms with E-state index in [4.69, 9.17) is 0 Å². The molecule has 4 rings (SSSR count). The van der Waals surface area contributed by atoms with Gasteiger partial charge in [-0.3, -0.25) is 4.79 Å². The molecule has 3 unspecified atom stereocenters. The number of thioether (sulfide) groups is 1. The zero-order valence-electron chi connectivity index (χ0n) is 12.5. The minimum absolute atomic E-state index is 0.127. The average molecular weight is 301 g/mol. The lowest BCUT2D eigenvalue weighted by atomic mass is 9.75. The fourth-order valence-corrected chi connectivity index (χ4v) is 5.60. The Morgan fingerprint density at radius 2 is 1.90 bits per heavy atom. The van der Waals surface area contributed by atoms with Gasteiger partial charge >= 0.3 is 0 Å². The summed E-state index contributed by atoms with van der Waals surface area (Å²) in [5.41, 5.74) is 1.36. The maximum absolute atomic E-state index is 12.8. The predicted molar refractivity (Wildman–Crippen MR) is 86.4 cm³/mol. The molecule has 0 radical (unpaired) electrons. The second kappa shape index (κ2) is 5.68. The van der Waals surface area contributed by atoms with E-state index in [1.54, 1.807) is 11.8 Å². The number of nitrogens with zero attached hydrogens (tertiary/aromatic N) is 1. The number of hydrogen-bond acceptors (Lipinski definition) is 2. The Labute approximate surface area is 131 Å². The number of benzene rings is 1. The third kappa shape index (κ3) is 2.61. The van der Waals surface area contributed by atoms with E-state index in [1.807, 2.05) is 0 Å². The van der Waals surface area contributed by atoms with Crippen LogP contribution in [0.2, 0.25) is 0 Å². The number of fused-ring (bicyclic) bond motifs is 2. The zero-order valence-corrected chi connectivity index (χ0v) is 13.3. The molecule has 3 atom stereocenters. The first-order chi connectivity index (χ1) is 10.3. The van der Waals surface area contributed by atoms with Crippen molar-refractivity contribution in [3.05, 3.63) is 29.8 Å². The molecule has 2 heterocycles. The van der Waals surface area contributed by atoms with Gasteiger partial charge in [0.05, 0.1) is 5.25 Å². The Balaban J connectivity index is 1.42. The van der Waals surface area contributed by atoms with Crippen molar-refractivity contribution in [1.29, 1.82) is 0 Å². The van der Waals surface area contributed by atoms with Crippen LogP contribution in [-0.4, -0.2) is 29.1 Å². The third-order valence-corrected chi connectivity index (χ3v) is 6.83. The van der Waals surface area contributed by atoms with Crippen LogP contribution in [0.3, 0.4) is 0 Å². The van der Waals surface area contributed by atoms with Crippen molar-refractivity contribution >= 4 is 17.7 Å². The van der Waals surface area contributed by atoms with Gasteiger partial charge in [0.25, 0.3) is 0 Å². The van der Waals surface area contributed by atoms with Gasteiger partial charge in [-0.25, -0.2) is 0 Å². The first kappa shape index (κ1) is 13.7. The van der Waals surface area contributed by atoms with Gasteiger partial charge in [0.15, 0.2) is 0 Å². The molecule has 112 valence electrons. The van der Waals surface area contributed by atoms with E-state index in [2.05, 4.69) is 29.2 Å². The van der Waals surface area contributed by atoms with Crippen molar-refractivity contribution in [3.8, 4) is 0 Å². The van der Waals surface area contributed by atoms with Gasteiger partial charge in [0, 0.05) is 18.0 Å². The van der Waals surface area contributed by atoms with E-state index < -0.39 is 0 Å². The highest BCUT2D eigenvalue weighted by molar-refractivity contribution is 8.01. The third-order valence-electron chi connectivity index (χ3n) is 5.53. The van der Waals surface area contributed by atoms with Crippen LogP contribution in [0.25, 0.3) is 0 Å². The number of piperidine rings is 1. The van der Waals surface area contributed by atoms with E-state index >= 15 is 0 Å². The monoisotopic (exact) mass is 301 g/mol. The molecule has 1 amide bonds. The summed E-state index contributed by atoms with van der Waals surface area (Å²) >= 11 is 1.78. The van der Waals surface area contributed by atoms with Gasteiger partial charge in [-0.15, -0.1) is 11.8 Å². The van der Waals surface area contributed by atoms with Crippen molar-refractivity contribution in [2.45, 2.75) is 48.7 Å². The lowest BCUT2D eigenvalue weighted by Crippen LogP contribution is -2.47. The van der Waals surface area contributed by atoms with Crippen molar-refractivity contribution in [2.24, 2.45) is 11.8 Å². The Morgan fingerprint density at radius 3 is 2.76 bits per heavy atom. The van der Waals surface area contributed by atoms with E-state index in [1.165, 1.54) is 42.6 Å². The van der Waals surface area contributed by atoms with Crippen LogP contribution in [0.15, 0.2) is 29.2 Å². The number of hydrogen-bond donors (Lipinski definition) is 0. The standard InChI is InChI=1S/C18H23NOS/c20-18(17-11-14-6-3-4-8-16(14)21-17)19-10-9-13-5-1-2-7-15(13)12-19/h3-4,6,8,13,15,17H,1-2,5,7,9-12H2. The molecule has 0 N–H and O–H groups in total. The van der Waals surface area contributed by atoms with E-state index in [0.717, 1.165) is 31.3 Å². The lowest BCUT2D eigenvalue weighted by molar-refractivity contribution is -0.133. The quantitative estimate of drug-likeness (QED) is 0.787. The summed E-state index contributed by atoms with van der Waals surface area (Å²) in [6, 6.07) is 8.48. The molecule has 1 aromatic carbocycles. The molecule has 21 heavy (non-hydrogen) atoms. The Kier molecular flexibility index (Phi) is 3.70. The molecule has 2 fully saturated rings. The van der Waals surface area contributed by atoms with Crippen molar-refractivity contribution in [2.75, 3.05) is 13.1 Å². The van der Waals surface area contributed by atoms with Crippen LogP contribution in [0, 0.1) is 11.8 Å². The van der Waals surface area contributed by atoms with E-state index in [-0.39, 0.29) is 5.25 Å². The molecule has 0 aromatic heterocycles. The van der Waals surface area contributed by atoms with Crippen LogP contribution in [0.5, 0.6) is 0 Å². The van der Waals surface area contributed by atoms with Crippen molar-refractivity contribution in [1.82, 2.24) is 4.90 Å². The van der Waals surface area contributed by atoms with Gasteiger partial charge in [-0.1, -0.05) is 37.5 Å². The van der Waals surface area contributed by atoms with Gasteiger partial charge in [-0.2, -0.15) is 0 Å². The molecule has 0 bridgehead atoms. The summed E-state index contributed by atoms with van der Waals surface area (Å²) in [5.74, 6) is 2.07. The molecule has 1 saturated heterocycles. The van der Waals surface area contributed by atoms with Crippen LogP contribution < -0.4 is 0 Å². The smallest absolute Gasteiger partial charge is 0.236 e. The van der Waals surface area contributed by atoms with Crippen LogP contribution in [-0.2, 0) is 11.2 Å². The summed E-state index contributed by atoms with van der Waals surface area (Å²) in [4.78, 5) is 16.3. The second-order valence-corrected chi connectivity index (χ2v) is 8.04. The molecular weight excluding hydrogens is 278 g/mol. The summed E-state index contributed by atoms with van der Waals surface area (Å²) in [7, 11) is 0. The normalized spacial score (nSPS) is 31.6. The van der Waals surface area contributed by atoms with E-state index in [9.17, 15) is 4.79 Å². The molecule has 1 aromatic rings. The van der Waals surface area contributed by atoms with Crippen molar-refractivity contribution < 1.29 is 4.79 Å².